The molecule has 2 heterocycles. The maximum atomic E-state index is 12.8. The van der Waals surface area contributed by atoms with E-state index in [1.807, 2.05) is 43.3 Å². The molecule has 0 radical (unpaired) electrons. The van der Waals surface area contributed by atoms with Crippen molar-refractivity contribution in [2.45, 2.75) is 11.8 Å². The van der Waals surface area contributed by atoms with Crippen LogP contribution in [-0.4, -0.2) is 62.2 Å². The van der Waals surface area contributed by atoms with E-state index in [1.54, 1.807) is 4.90 Å². The van der Waals surface area contributed by atoms with Crippen LogP contribution in [0, 0.1) is 0 Å². The molecule has 4 rings (SSSR count). The number of hydrogen-bond donors (Lipinski definition) is 1. The van der Waals surface area contributed by atoms with Crippen LogP contribution in [0.2, 0.25) is 0 Å². The lowest BCUT2D eigenvalue weighted by molar-refractivity contribution is 0.0746. The highest BCUT2D eigenvalue weighted by molar-refractivity contribution is 7.89. The van der Waals surface area contributed by atoms with Crippen molar-refractivity contribution in [1.82, 2.24) is 15.1 Å². The van der Waals surface area contributed by atoms with Gasteiger partial charge in [0.25, 0.3) is 5.91 Å². The molecular weight excluding hydrogens is 442 g/mol. The Balaban J connectivity index is 1.36. The number of primary sulfonamides is 1. The van der Waals surface area contributed by atoms with Gasteiger partial charge in [-0.15, -0.1) is 10.2 Å². The number of nitrogens with zero attached hydrogens (tertiary/aromatic N) is 4. The van der Waals surface area contributed by atoms with Crippen LogP contribution in [0.5, 0.6) is 5.75 Å². The van der Waals surface area contributed by atoms with Crippen LogP contribution in [-0.2, 0) is 10.0 Å². The number of nitrogens with two attached hydrogens (primary N) is 1. The van der Waals surface area contributed by atoms with Crippen LogP contribution in [0.25, 0.3) is 11.3 Å². The molecule has 0 bridgehead atoms. The number of ether oxygens (including phenoxy) is 1. The number of piperazine rings is 1. The molecule has 0 atom stereocenters. The van der Waals surface area contributed by atoms with Gasteiger partial charge >= 0.3 is 0 Å². The van der Waals surface area contributed by atoms with Crippen molar-refractivity contribution in [2.24, 2.45) is 5.14 Å². The fourth-order valence-corrected chi connectivity index (χ4v) is 4.16. The average Bonchev–Trinajstić information content (AvgIpc) is 2.84. The molecule has 1 aliphatic rings. The summed E-state index contributed by atoms with van der Waals surface area (Å²) in [4.78, 5) is 16.6. The number of aromatic nitrogens is 2. The maximum absolute atomic E-state index is 12.8. The lowest BCUT2D eigenvalue weighted by Gasteiger charge is -2.35. The topological polar surface area (TPSA) is 119 Å². The predicted molar refractivity (Wildman–Crippen MR) is 125 cm³/mol. The Hall–Kier alpha value is -3.50. The third kappa shape index (κ3) is 5.29. The van der Waals surface area contributed by atoms with Crippen molar-refractivity contribution in [3.05, 3.63) is 66.2 Å². The highest BCUT2D eigenvalue weighted by Gasteiger charge is 2.23. The third-order valence-electron chi connectivity index (χ3n) is 5.43. The molecule has 1 fully saturated rings. The number of rotatable bonds is 6. The summed E-state index contributed by atoms with van der Waals surface area (Å²) in [6.07, 6.45) is 0. The van der Waals surface area contributed by atoms with E-state index < -0.39 is 10.0 Å². The Kier molecular flexibility index (Phi) is 6.57. The van der Waals surface area contributed by atoms with Crippen molar-refractivity contribution >= 4 is 21.7 Å². The van der Waals surface area contributed by atoms with E-state index in [0.29, 0.717) is 38.3 Å². The molecule has 2 aromatic carbocycles. The van der Waals surface area contributed by atoms with Gasteiger partial charge < -0.3 is 14.5 Å². The van der Waals surface area contributed by atoms with Gasteiger partial charge in [0.1, 0.15) is 5.75 Å². The number of hydrogen-bond acceptors (Lipinski definition) is 7. The fourth-order valence-electron chi connectivity index (χ4n) is 3.64. The van der Waals surface area contributed by atoms with Crippen molar-refractivity contribution < 1.29 is 17.9 Å². The van der Waals surface area contributed by atoms with Gasteiger partial charge in [0.05, 0.1) is 17.2 Å². The molecule has 33 heavy (non-hydrogen) atoms. The van der Waals surface area contributed by atoms with E-state index in [4.69, 9.17) is 9.88 Å². The molecule has 1 aliphatic heterocycles. The van der Waals surface area contributed by atoms with E-state index in [0.717, 1.165) is 22.8 Å². The van der Waals surface area contributed by atoms with Gasteiger partial charge in [-0.2, -0.15) is 0 Å². The minimum absolute atomic E-state index is 0.0175. The monoisotopic (exact) mass is 467 g/mol. The van der Waals surface area contributed by atoms with Gasteiger partial charge in [0, 0.05) is 37.3 Å². The molecule has 0 aliphatic carbocycles. The highest BCUT2D eigenvalue weighted by atomic mass is 32.2. The summed E-state index contributed by atoms with van der Waals surface area (Å²) < 4.78 is 28.2. The van der Waals surface area contributed by atoms with Gasteiger partial charge in [0.2, 0.25) is 10.0 Å². The number of benzene rings is 2. The number of amides is 1. The van der Waals surface area contributed by atoms with Gasteiger partial charge in [-0.1, -0.05) is 0 Å². The van der Waals surface area contributed by atoms with Gasteiger partial charge in [-0.3, -0.25) is 4.79 Å². The Morgan fingerprint density at radius 2 is 1.61 bits per heavy atom. The average molecular weight is 468 g/mol. The molecule has 0 spiro atoms. The lowest BCUT2D eigenvalue weighted by atomic mass is 10.1. The molecule has 10 heteroatoms. The summed E-state index contributed by atoms with van der Waals surface area (Å²) in [5, 5.41) is 13.8. The number of carbonyl (C=O) groups excluding carboxylic acids is 1. The molecule has 1 amide bonds. The minimum Gasteiger partial charge on any atom is -0.494 e. The SMILES string of the molecule is CCOc1ccc(-c2ccc(N3CCN(C(=O)c4ccc(S(N)(=O)=O)cc4)CC3)nn2)cc1. The molecule has 1 aromatic heterocycles. The van der Waals surface area contributed by atoms with Crippen LogP contribution in [0.3, 0.4) is 0 Å². The van der Waals surface area contributed by atoms with E-state index in [1.165, 1.54) is 24.3 Å². The van der Waals surface area contributed by atoms with Crippen molar-refractivity contribution in [3.63, 3.8) is 0 Å². The summed E-state index contributed by atoms with van der Waals surface area (Å²) >= 11 is 0. The Labute approximate surface area is 192 Å². The van der Waals surface area contributed by atoms with E-state index in [2.05, 4.69) is 15.1 Å². The summed E-state index contributed by atoms with van der Waals surface area (Å²) in [6.45, 7) is 4.87. The summed E-state index contributed by atoms with van der Waals surface area (Å²) in [6, 6.07) is 17.3. The molecule has 9 nitrogen and oxygen atoms in total. The van der Waals surface area contributed by atoms with Crippen LogP contribution in [0.4, 0.5) is 5.82 Å². The first-order chi connectivity index (χ1) is 15.8. The zero-order valence-electron chi connectivity index (χ0n) is 18.2. The molecular formula is C23H25N5O4S. The highest BCUT2D eigenvalue weighted by Crippen LogP contribution is 2.22. The van der Waals surface area contributed by atoms with Crippen LogP contribution >= 0.6 is 0 Å². The van der Waals surface area contributed by atoms with Gasteiger partial charge in [-0.05, 0) is 67.6 Å². The first-order valence-electron chi connectivity index (χ1n) is 10.6. The zero-order chi connectivity index (χ0) is 23.4. The standard InChI is InChI=1S/C23H25N5O4S/c1-2-32-19-7-3-17(4-8-19)21-11-12-22(26-25-21)27-13-15-28(16-14-27)23(29)18-5-9-20(10-6-18)33(24,30)31/h3-12H,2,13-16H2,1H3,(H2,24,30,31). The third-order valence-corrected chi connectivity index (χ3v) is 6.36. The van der Waals surface area contributed by atoms with Gasteiger partial charge in [-0.25, -0.2) is 13.6 Å². The van der Waals surface area contributed by atoms with Gasteiger partial charge in [0.15, 0.2) is 5.82 Å². The largest absolute Gasteiger partial charge is 0.494 e. The lowest BCUT2D eigenvalue weighted by Crippen LogP contribution is -2.49. The van der Waals surface area contributed by atoms with Crippen LogP contribution < -0.4 is 14.8 Å². The maximum Gasteiger partial charge on any atom is 0.253 e. The second-order valence-corrected chi connectivity index (χ2v) is 9.14. The second kappa shape index (κ2) is 9.55. The fraction of sp³-hybridized carbons (Fsp3) is 0.261. The first-order valence-corrected chi connectivity index (χ1v) is 12.1. The molecule has 172 valence electrons. The predicted octanol–water partition coefficient (Wildman–Crippen LogP) is 2.15. The normalized spacial score (nSPS) is 14.2. The molecule has 0 unspecified atom stereocenters. The number of carbonyl (C=O) groups is 1. The molecule has 0 saturated carbocycles. The molecule has 3 aromatic rings. The number of anilines is 1. The minimum atomic E-state index is -3.78. The first kappa shape index (κ1) is 22.7. The molecule has 1 saturated heterocycles. The summed E-state index contributed by atoms with van der Waals surface area (Å²) in [5.74, 6) is 1.43. The smallest absolute Gasteiger partial charge is 0.253 e. The quantitative estimate of drug-likeness (QED) is 0.590. The Bertz CT molecular complexity index is 1210. The molecule has 2 N–H and O–H groups in total. The van der Waals surface area contributed by atoms with E-state index in [-0.39, 0.29) is 10.8 Å². The summed E-state index contributed by atoms with van der Waals surface area (Å²) in [5.41, 5.74) is 2.16. The number of sulfonamides is 1. The van der Waals surface area contributed by atoms with Crippen LogP contribution in [0.1, 0.15) is 17.3 Å². The van der Waals surface area contributed by atoms with Crippen LogP contribution in [0.15, 0.2) is 65.6 Å². The van der Waals surface area contributed by atoms with Crippen molar-refractivity contribution in [1.29, 1.82) is 0 Å². The van der Waals surface area contributed by atoms with Crippen molar-refractivity contribution in [2.75, 3.05) is 37.7 Å². The zero-order valence-corrected chi connectivity index (χ0v) is 19.0. The van der Waals surface area contributed by atoms with E-state index in [9.17, 15) is 13.2 Å². The van der Waals surface area contributed by atoms with Crippen molar-refractivity contribution in [3.8, 4) is 17.0 Å². The van der Waals surface area contributed by atoms with E-state index >= 15 is 0 Å². The Morgan fingerprint density at radius 1 is 0.939 bits per heavy atom. The Morgan fingerprint density at radius 3 is 2.15 bits per heavy atom. The second-order valence-electron chi connectivity index (χ2n) is 7.58. The summed E-state index contributed by atoms with van der Waals surface area (Å²) in [7, 11) is -3.78.